The molecule has 0 radical (unpaired) electrons. The lowest BCUT2D eigenvalue weighted by molar-refractivity contribution is -0.137. The zero-order chi connectivity index (χ0) is 28.1. The summed E-state index contributed by atoms with van der Waals surface area (Å²) >= 11 is 0. The van der Waals surface area contributed by atoms with Crippen LogP contribution in [0, 0.1) is 17.7 Å². The van der Waals surface area contributed by atoms with Crippen molar-refractivity contribution in [3.8, 4) is 40.4 Å². The maximum Gasteiger partial charge on any atom is 0.417 e. The van der Waals surface area contributed by atoms with Crippen molar-refractivity contribution in [1.82, 2.24) is 19.9 Å². The fourth-order valence-electron chi connectivity index (χ4n) is 3.80. The van der Waals surface area contributed by atoms with Crippen molar-refractivity contribution in [3.05, 3.63) is 130 Å². The number of hydrogen-bond donors (Lipinski definition) is 1. The molecule has 0 amide bonds. The molecule has 5 aromatic rings. The van der Waals surface area contributed by atoms with Crippen LogP contribution >= 0.6 is 12.4 Å². The normalized spacial score (nSPS) is 10.7. The van der Waals surface area contributed by atoms with E-state index in [2.05, 4.69) is 31.8 Å². The Balaban J connectivity index is 0.00000387. The van der Waals surface area contributed by atoms with Gasteiger partial charge in [0.1, 0.15) is 29.7 Å². The molecule has 11 heteroatoms. The van der Waals surface area contributed by atoms with Gasteiger partial charge in [0.15, 0.2) is 5.82 Å². The summed E-state index contributed by atoms with van der Waals surface area (Å²) in [6.07, 6.45) is -3.48. The Morgan fingerprint density at radius 3 is 2.22 bits per heavy atom. The number of H-pyrrole nitrogens is 1. The number of halogens is 5. The van der Waals surface area contributed by atoms with Crippen molar-refractivity contribution in [3.63, 3.8) is 0 Å². The molecule has 41 heavy (non-hydrogen) atoms. The Morgan fingerprint density at radius 1 is 0.829 bits per heavy atom. The zero-order valence-corrected chi connectivity index (χ0v) is 21.8. The fraction of sp³-hybridized carbons (Fsp3) is 0.0667. The molecule has 1 N–H and O–H groups in total. The smallest absolute Gasteiger partial charge is 0.417 e. The van der Waals surface area contributed by atoms with Crippen molar-refractivity contribution < 1.29 is 22.3 Å². The average molecular weight is 579 g/mol. The average Bonchev–Trinajstić information content (AvgIpc) is 2.95. The van der Waals surface area contributed by atoms with E-state index in [9.17, 15) is 22.4 Å². The third-order valence-corrected chi connectivity index (χ3v) is 5.69. The highest BCUT2D eigenvalue weighted by atomic mass is 35.5. The van der Waals surface area contributed by atoms with Crippen molar-refractivity contribution >= 4 is 12.4 Å². The van der Waals surface area contributed by atoms with Crippen molar-refractivity contribution in [2.75, 3.05) is 0 Å². The number of pyridine rings is 1. The molecule has 5 rings (SSSR count). The van der Waals surface area contributed by atoms with E-state index in [-0.39, 0.29) is 29.7 Å². The Morgan fingerprint density at radius 2 is 1.54 bits per heavy atom. The maximum atomic E-state index is 14.0. The van der Waals surface area contributed by atoms with Crippen molar-refractivity contribution in [2.45, 2.75) is 12.8 Å². The minimum Gasteiger partial charge on any atom is -0.486 e. The second-order valence-corrected chi connectivity index (χ2v) is 8.42. The van der Waals surface area contributed by atoms with Crippen LogP contribution in [0.4, 0.5) is 17.6 Å². The molecule has 0 atom stereocenters. The molecule has 6 nitrogen and oxygen atoms in total. The minimum atomic E-state index is -4.81. The van der Waals surface area contributed by atoms with E-state index in [0.717, 1.165) is 23.8 Å². The number of rotatable bonds is 5. The van der Waals surface area contributed by atoms with Gasteiger partial charge in [0.25, 0.3) is 0 Å². The highest BCUT2D eigenvalue weighted by molar-refractivity contribution is 5.85. The molecule has 0 aliphatic rings. The SMILES string of the molecule is Cl.O=c1nc(-c2ccc(C#Cc3ccccc3)cc2)nc(-c2c(OCc3ncccc3F)cccc2C(F)(F)F)[nH]1. The predicted molar refractivity (Wildman–Crippen MR) is 147 cm³/mol. The second-order valence-electron chi connectivity index (χ2n) is 8.42. The Labute approximate surface area is 237 Å². The van der Waals surface area contributed by atoms with E-state index in [1.54, 1.807) is 24.3 Å². The molecule has 2 heterocycles. The first-order chi connectivity index (χ1) is 19.3. The third kappa shape index (κ3) is 6.96. The standard InChI is InChI=1S/C30H18F4N4O2.ClH/c31-23-9-5-17-35-24(23)18-40-25-10-4-8-22(30(32,33)34)26(25)28-36-27(37-29(39)38-28)21-15-13-20(14-16-21)12-11-19-6-2-1-3-7-19;/h1-10,13-17H,18H2,(H,36,37,38,39);1H. The van der Waals surface area contributed by atoms with Crippen LogP contribution < -0.4 is 10.4 Å². The highest BCUT2D eigenvalue weighted by Gasteiger charge is 2.36. The van der Waals surface area contributed by atoms with Gasteiger partial charge >= 0.3 is 11.9 Å². The Kier molecular flexibility index (Phi) is 8.80. The number of aromatic amines is 1. The summed E-state index contributed by atoms with van der Waals surface area (Å²) in [7, 11) is 0. The van der Waals surface area contributed by atoms with E-state index in [4.69, 9.17) is 4.74 Å². The summed E-state index contributed by atoms with van der Waals surface area (Å²) in [4.78, 5) is 26.7. The van der Waals surface area contributed by atoms with Crippen LogP contribution in [-0.2, 0) is 12.8 Å². The van der Waals surface area contributed by atoms with Gasteiger partial charge < -0.3 is 4.74 Å². The van der Waals surface area contributed by atoms with Crippen LogP contribution in [0.1, 0.15) is 22.4 Å². The molecule has 0 saturated carbocycles. The van der Waals surface area contributed by atoms with E-state index in [1.165, 1.54) is 18.3 Å². The van der Waals surface area contributed by atoms with Crippen LogP contribution in [0.2, 0.25) is 0 Å². The number of nitrogens with one attached hydrogen (secondary N) is 1. The number of hydrogen-bond acceptors (Lipinski definition) is 5. The van der Waals surface area contributed by atoms with Crippen molar-refractivity contribution in [2.24, 2.45) is 0 Å². The highest BCUT2D eigenvalue weighted by Crippen LogP contribution is 2.41. The number of benzene rings is 3. The molecule has 2 aromatic heterocycles. The van der Waals surface area contributed by atoms with Gasteiger partial charge in [0, 0.05) is 22.9 Å². The Bertz CT molecular complexity index is 1780. The van der Waals surface area contributed by atoms with Gasteiger partial charge in [-0.3, -0.25) is 9.97 Å². The van der Waals surface area contributed by atoms with Gasteiger partial charge in [-0.15, -0.1) is 12.4 Å². The molecule has 0 saturated heterocycles. The molecule has 0 spiro atoms. The zero-order valence-electron chi connectivity index (χ0n) is 20.9. The van der Waals surface area contributed by atoms with Crippen LogP contribution in [0.3, 0.4) is 0 Å². The van der Waals surface area contributed by atoms with Gasteiger partial charge in [-0.05, 0) is 60.7 Å². The Hall–Kier alpha value is -5.01. The summed E-state index contributed by atoms with van der Waals surface area (Å²) in [5.41, 5.74) is -0.723. The molecular formula is C30H19ClF4N4O2. The lowest BCUT2D eigenvalue weighted by atomic mass is 10.0. The van der Waals surface area contributed by atoms with E-state index >= 15 is 0 Å². The summed E-state index contributed by atoms with van der Waals surface area (Å²) in [5.74, 6) is 4.59. The fourth-order valence-corrected chi connectivity index (χ4v) is 3.80. The first kappa shape index (κ1) is 29.0. The lowest BCUT2D eigenvalue weighted by Crippen LogP contribution is -2.17. The maximum absolute atomic E-state index is 14.0. The summed E-state index contributed by atoms with van der Waals surface area (Å²) in [6.45, 7) is -0.450. The summed E-state index contributed by atoms with van der Waals surface area (Å²) in [5, 5.41) is 0. The minimum absolute atomic E-state index is 0. The summed E-state index contributed by atoms with van der Waals surface area (Å²) in [6, 6.07) is 21.8. The molecule has 0 aliphatic heterocycles. The van der Waals surface area contributed by atoms with Gasteiger partial charge in [0.2, 0.25) is 0 Å². The molecule has 0 fully saturated rings. The first-order valence-corrected chi connectivity index (χ1v) is 11.9. The number of aromatic nitrogens is 4. The predicted octanol–water partition coefficient (Wildman–Crippen LogP) is 6.45. The van der Waals surface area contributed by atoms with Crippen LogP contribution in [0.15, 0.2) is 95.9 Å². The number of alkyl halides is 3. The molecule has 206 valence electrons. The van der Waals surface area contributed by atoms with Crippen LogP contribution in [0.5, 0.6) is 5.75 Å². The van der Waals surface area contributed by atoms with Crippen molar-refractivity contribution in [1.29, 1.82) is 0 Å². The lowest BCUT2D eigenvalue weighted by Gasteiger charge is -2.17. The third-order valence-electron chi connectivity index (χ3n) is 5.69. The van der Waals surface area contributed by atoms with Crippen LogP contribution in [-0.4, -0.2) is 19.9 Å². The molecule has 0 aliphatic carbocycles. The first-order valence-electron chi connectivity index (χ1n) is 11.9. The molecule has 0 bridgehead atoms. The van der Waals surface area contributed by atoms with Gasteiger partial charge in [-0.1, -0.05) is 36.1 Å². The van der Waals surface area contributed by atoms with Crippen LogP contribution in [0.25, 0.3) is 22.8 Å². The monoisotopic (exact) mass is 578 g/mol. The van der Waals surface area contributed by atoms with E-state index < -0.39 is 41.2 Å². The van der Waals surface area contributed by atoms with E-state index in [0.29, 0.717) is 11.1 Å². The molecule has 3 aromatic carbocycles. The largest absolute Gasteiger partial charge is 0.486 e. The summed E-state index contributed by atoms with van der Waals surface area (Å²) < 4.78 is 61.7. The van der Waals surface area contributed by atoms with Gasteiger partial charge in [-0.2, -0.15) is 18.2 Å². The molecule has 0 unspecified atom stereocenters. The second kappa shape index (κ2) is 12.4. The molecular weight excluding hydrogens is 560 g/mol. The topological polar surface area (TPSA) is 80.8 Å². The van der Waals surface area contributed by atoms with Gasteiger partial charge in [0.05, 0.1) is 11.1 Å². The van der Waals surface area contributed by atoms with Gasteiger partial charge in [-0.25, -0.2) is 14.2 Å². The quantitative estimate of drug-likeness (QED) is 0.191. The number of ether oxygens (including phenoxy) is 1. The number of nitrogens with zero attached hydrogens (tertiary/aromatic N) is 3. The van der Waals surface area contributed by atoms with E-state index in [1.807, 2.05) is 30.3 Å².